The number of ether oxygens (including phenoxy) is 1. The Bertz CT molecular complexity index is 704. The highest BCUT2D eigenvalue weighted by Crippen LogP contribution is 2.25. The first-order valence-electron chi connectivity index (χ1n) is 5.90. The Hall–Kier alpha value is -2.56. The topological polar surface area (TPSA) is 60.2 Å². The third kappa shape index (κ3) is 2.10. The van der Waals surface area contributed by atoms with Gasteiger partial charge in [-0.25, -0.2) is 4.98 Å². The van der Waals surface area contributed by atoms with Crippen LogP contribution < -0.4 is 10.1 Å². The summed E-state index contributed by atoms with van der Waals surface area (Å²) in [6.07, 6.45) is 0. The largest absolute Gasteiger partial charge is 0.497 e. The molecular formula is C14H13N3O2. The summed E-state index contributed by atoms with van der Waals surface area (Å²) in [6.45, 7) is 0. The first-order chi connectivity index (χ1) is 9.30. The molecule has 0 aliphatic carbocycles. The van der Waals surface area contributed by atoms with Crippen LogP contribution in [0.4, 0.5) is 5.82 Å². The molecule has 19 heavy (non-hydrogen) atoms. The summed E-state index contributed by atoms with van der Waals surface area (Å²) in [5.74, 6) is 2.11. The van der Waals surface area contributed by atoms with Crippen LogP contribution in [0.2, 0.25) is 0 Å². The van der Waals surface area contributed by atoms with Gasteiger partial charge in [0.25, 0.3) is 0 Å². The van der Waals surface area contributed by atoms with E-state index in [-0.39, 0.29) is 0 Å². The molecule has 3 rings (SSSR count). The minimum absolute atomic E-state index is 0.526. The van der Waals surface area contributed by atoms with Gasteiger partial charge in [-0.15, -0.1) is 0 Å². The standard InChI is InChI=1S/C14H13N3O2/c1-15-12-8-7-11-14(17-12)19-13(16-11)9-3-5-10(18-2)6-4-9/h3-8H,1-2H3,(H,15,17). The zero-order valence-electron chi connectivity index (χ0n) is 10.7. The van der Waals surface area contributed by atoms with Crippen molar-refractivity contribution in [3.63, 3.8) is 0 Å². The fourth-order valence-electron chi connectivity index (χ4n) is 1.81. The summed E-state index contributed by atoms with van der Waals surface area (Å²) in [7, 11) is 3.45. The summed E-state index contributed by atoms with van der Waals surface area (Å²) in [5, 5.41) is 2.97. The molecule has 96 valence electrons. The van der Waals surface area contributed by atoms with Crippen molar-refractivity contribution in [2.75, 3.05) is 19.5 Å². The number of methoxy groups -OCH3 is 1. The number of benzene rings is 1. The van der Waals surface area contributed by atoms with Gasteiger partial charge in [0.05, 0.1) is 7.11 Å². The van der Waals surface area contributed by atoms with E-state index in [1.165, 1.54) is 0 Å². The van der Waals surface area contributed by atoms with E-state index >= 15 is 0 Å². The number of nitrogens with zero attached hydrogens (tertiary/aromatic N) is 2. The average Bonchev–Trinajstić information content (AvgIpc) is 2.90. The average molecular weight is 255 g/mol. The SMILES string of the molecule is CNc1ccc2nc(-c3ccc(OC)cc3)oc2n1. The first kappa shape index (κ1) is 11.5. The molecule has 1 N–H and O–H groups in total. The maximum atomic E-state index is 5.67. The highest BCUT2D eigenvalue weighted by molar-refractivity contribution is 5.74. The van der Waals surface area contributed by atoms with Gasteiger partial charge in [-0.05, 0) is 36.4 Å². The maximum Gasteiger partial charge on any atom is 0.249 e. The van der Waals surface area contributed by atoms with Gasteiger partial charge in [0.1, 0.15) is 17.1 Å². The number of aromatic nitrogens is 2. The number of fused-ring (bicyclic) bond motifs is 1. The molecule has 0 aliphatic heterocycles. The number of rotatable bonds is 3. The van der Waals surface area contributed by atoms with Crippen molar-refractivity contribution < 1.29 is 9.15 Å². The summed E-state index contributed by atoms with van der Waals surface area (Å²) < 4.78 is 10.8. The molecular weight excluding hydrogens is 242 g/mol. The van der Waals surface area contributed by atoms with Crippen LogP contribution in [0.25, 0.3) is 22.7 Å². The third-order valence-corrected chi connectivity index (χ3v) is 2.85. The molecule has 2 aromatic heterocycles. The van der Waals surface area contributed by atoms with Gasteiger partial charge >= 0.3 is 0 Å². The molecule has 0 atom stereocenters. The second kappa shape index (κ2) is 4.61. The molecule has 1 aromatic carbocycles. The Morgan fingerprint density at radius 3 is 2.53 bits per heavy atom. The van der Waals surface area contributed by atoms with E-state index in [0.717, 1.165) is 22.6 Å². The van der Waals surface area contributed by atoms with Gasteiger partial charge in [-0.2, -0.15) is 4.98 Å². The highest BCUT2D eigenvalue weighted by Gasteiger charge is 2.09. The van der Waals surface area contributed by atoms with E-state index in [1.54, 1.807) is 7.11 Å². The molecule has 2 heterocycles. The van der Waals surface area contributed by atoms with E-state index in [4.69, 9.17) is 9.15 Å². The van der Waals surface area contributed by atoms with Crippen molar-refractivity contribution in [2.24, 2.45) is 0 Å². The molecule has 0 fully saturated rings. The second-order valence-corrected chi connectivity index (χ2v) is 4.02. The van der Waals surface area contributed by atoms with Crippen LogP contribution in [0.3, 0.4) is 0 Å². The Kier molecular flexibility index (Phi) is 2.79. The Morgan fingerprint density at radius 2 is 1.84 bits per heavy atom. The Balaban J connectivity index is 2.04. The summed E-state index contributed by atoms with van der Waals surface area (Å²) in [4.78, 5) is 8.72. The molecule has 5 heteroatoms. The van der Waals surface area contributed by atoms with Crippen LogP contribution in [0, 0.1) is 0 Å². The van der Waals surface area contributed by atoms with Crippen LogP contribution >= 0.6 is 0 Å². The van der Waals surface area contributed by atoms with Gasteiger partial charge in [-0.1, -0.05) is 0 Å². The highest BCUT2D eigenvalue weighted by atomic mass is 16.5. The molecule has 0 amide bonds. The zero-order valence-corrected chi connectivity index (χ0v) is 10.7. The Morgan fingerprint density at radius 1 is 1.05 bits per heavy atom. The van der Waals surface area contributed by atoms with Crippen molar-refractivity contribution in [3.8, 4) is 17.2 Å². The normalized spacial score (nSPS) is 10.6. The van der Waals surface area contributed by atoms with Crippen LogP contribution in [0.15, 0.2) is 40.8 Å². The van der Waals surface area contributed by atoms with Crippen molar-refractivity contribution >= 4 is 17.0 Å². The van der Waals surface area contributed by atoms with Crippen molar-refractivity contribution in [3.05, 3.63) is 36.4 Å². The lowest BCUT2D eigenvalue weighted by molar-refractivity contribution is 0.415. The molecule has 0 aliphatic rings. The third-order valence-electron chi connectivity index (χ3n) is 2.85. The van der Waals surface area contributed by atoms with Crippen LogP contribution in [0.1, 0.15) is 0 Å². The minimum atomic E-state index is 0.526. The fraction of sp³-hybridized carbons (Fsp3) is 0.143. The fourth-order valence-corrected chi connectivity index (χ4v) is 1.81. The van der Waals surface area contributed by atoms with Gasteiger partial charge in [-0.3, -0.25) is 0 Å². The zero-order chi connectivity index (χ0) is 13.2. The van der Waals surface area contributed by atoms with Gasteiger partial charge in [0, 0.05) is 12.6 Å². The number of oxazole rings is 1. The van der Waals surface area contributed by atoms with Crippen LogP contribution in [0.5, 0.6) is 5.75 Å². The Labute approximate surface area is 110 Å². The minimum Gasteiger partial charge on any atom is -0.497 e. The van der Waals surface area contributed by atoms with E-state index in [0.29, 0.717) is 11.6 Å². The molecule has 0 saturated heterocycles. The van der Waals surface area contributed by atoms with Gasteiger partial charge < -0.3 is 14.5 Å². The molecule has 0 bridgehead atoms. The van der Waals surface area contributed by atoms with Crippen LogP contribution in [-0.4, -0.2) is 24.1 Å². The lowest BCUT2D eigenvalue weighted by atomic mass is 10.2. The quantitative estimate of drug-likeness (QED) is 0.779. The predicted octanol–water partition coefficient (Wildman–Crippen LogP) is 2.94. The number of hydrogen-bond acceptors (Lipinski definition) is 5. The molecule has 0 spiro atoms. The summed E-state index contributed by atoms with van der Waals surface area (Å²) >= 11 is 0. The monoisotopic (exact) mass is 255 g/mol. The predicted molar refractivity (Wildman–Crippen MR) is 73.3 cm³/mol. The maximum absolute atomic E-state index is 5.67. The summed E-state index contributed by atoms with van der Waals surface area (Å²) in [6, 6.07) is 11.3. The lowest BCUT2D eigenvalue weighted by Crippen LogP contribution is -1.90. The number of anilines is 1. The second-order valence-electron chi connectivity index (χ2n) is 4.02. The molecule has 0 saturated carbocycles. The molecule has 0 radical (unpaired) electrons. The molecule has 3 aromatic rings. The van der Waals surface area contributed by atoms with Gasteiger partial charge in [0.15, 0.2) is 0 Å². The van der Waals surface area contributed by atoms with Crippen molar-refractivity contribution in [1.29, 1.82) is 0 Å². The number of nitrogens with one attached hydrogen (secondary N) is 1. The van der Waals surface area contributed by atoms with Gasteiger partial charge in [0.2, 0.25) is 11.6 Å². The number of hydrogen-bond donors (Lipinski definition) is 1. The molecule has 5 nitrogen and oxygen atoms in total. The smallest absolute Gasteiger partial charge is 0.249 e. The van der Waals surface area contributed by atoms with Crippen molar-refractivity contribution in [1.82, 2.24) is 9.97 Å². The van der Waals surface area contributed by atoms with E-state index in [2.05, 4.69) is 15.3 Å². The number of pyridine rings is 1. The van der Waals surface area contributed by atoms with E-state index < -0.39 is 0 Å². The van der Waals surface area contributed by atoms with Crippen LogP contribution in [-0.2, 0) is 0 Å². The lowest BCUT2D eigenvalue weighted by Gasteiger charge is -1.99. The van der Waals surface area contributed by atoms with E-state index in [9.17, 15) is 0 Å². The van der Waals surface area contributed by atoms with E-state index in [1.807, 2.05) is 43.4 Å². The summed E-state index contributed by atoms with van der Waals surface area (Å²) in [5.41, 5.74) is 2.16. The first-order valence-corrected chi connectivity index (χ1v) is 5.90. The molecule has 0 unspecified atom stereocenters. The van der Waals surface area contributed by atoms with Crippen molar-refractivity contribution in [2.45, 2.75) is 0 Å².